The van der Waals surface area contributed by atoms with Crippen molar-refractivity contribution in [2.24, 2.45) is 0 Å². The lowest BCUT2D eigenvalue weighted by Gasteiger charge is -2.17. The number of aliphatic carboxylic acids is 1. The van der Waals surface area contributed by atoms with Crippen LogP contribution in [0.15, 0.2) is 24.3 Å². The van der Waals surface area contributed by atoms with E-state index in [1.54, 1.807) is 0 Å². The van der Waals surface area contributed by atoms with Crippen LogP contribution in [-0.2, 0) is 20.7 Å². The number of anilines is 1. The molecule has 1 aromatic rings. The van der Waals surface area contributed by atoms with Gasteiger partial charge in [-0.15, -0.1) is 0 Å². The van der Waals surface area contributed by atoms with Crippen molar-refractivity contribution in [2.75, 3.05) is 18.5 Å². The fourth-order valence-electron chi connectivity index (χ4n) is 2.66. The standard InChI is InChI=1S/C17H24N2O4/c1-2-12-6-3-4-8-14(12)19-16(20)10-15(17(21)22)18-11-13-7-5-9-23-13/h3-4,6,8,13,15,18H,2,5,7,9-11H2,1H3,(H,19,20)(H,21,22)/t13?,15-/m0/s1. The smallest absolute Gasteiger partial charge is 0.321 e. The van der Waals surface area contributed by atoms with Crippen molar-refractivity contribution < 1.29 is 19.4 Å². The molecule has 126 valence electrons. The third kappa shape index (κ3) is 5.33. The Morgan fingerprint density at radius 2 is 2.17 bits per heavy atom. The molecule has 0 aromatic heterocycles. The molecule has 23 heavy (non-hydrogen) atoms. The molecule has 1 unspecified atom stereocenters. The molecule has 0 spiro atoms. The molecule has 1 aliphatic rings. The van der Waals surface area contributed by atoms with Crippen molar-refractivity contribution in [1.82, 2.24) is 5.32 Å². The van der Waals surface area contributed by atoms with Gasteiger partial charge in [0.15, 0.2) is 0 Å². The van der Waals surface area contributed by atoms with Crippen LogP contribution in [0.1, 0.15) is 31.7 Å². The van der Waals surface area contributed by atoms with Gasteiger partial charge in [-0.3, -0.25) is 9.59 Å². The minimum atomic E-state index is -1.03. The van der Waals surface area contributed by atoms with Crippen LogP contribution >= 0.6 is 0 Å². The number of ether oxygens (including phenoxy) is 1. The van der Waals surface area contributed by atoms with E-state index in [-0.39, 0.29) is 18.4 Å². The quantitative estimate of drug-likeness (QED) is 0.680. The summed E-state index contributed by atoms with van der Waals surface area (Å²) >= 11 is 0. The van der Waals surface area contributed by atoms with E-state index in [0.717, 1.165) is 37.1 Å². The van der Waals surface area contributed by atoms with Crippen LogP contribution in [0, 0.1) is 0 Å². The molecule has 2 atom stereocenters. The fourth-order valence-corrected chi connectivity index (χ4v) is 2.66. The van der Waals surface area contributed by atoms with Gasteiger partial charge in [-0.1, -0.05) is 25.1 Å². The highest BCUT2D eigenvalue weighted by Crippen LogP contribution is 2.16. The van der Waals surface area contributed by atoms with Gasteiger partial charge in [0, 0.05) is 18.8 Å². The topological polar surface area (TPSA) is 87.7 Å². The molecule has 2 rings (SSSR count). The van der Waals surface area contributed by atoms with Crippen molar-refractivity contribution in [1.29, 1.82) is 0 Å². The molecule has 1 saturated heterocycles. The van der Waals surface area contributed by atoms with Crippen molar-refractivity contribution in [3.63, 3.8) is 0 Å². The summed E-state index contributed by atoms with van der Waals surface area (Å²) < 4.78 is 5.46. The first kappa shape index (κ1) is 17.4. The number of amides is 1. The summed E-state index contributed by atoms with van der Waals surface area (Å²) in [6.07, 6.45) is 2.66. The van der Waals surface area contributed by atoms with Gasteiger partial charge >= 0.3 is 5.97 Å². The second-order valence-corrected chi connectivity index (χ2v) is 5.70. The Morgan fingerprint density at radius 3 is 2.83 bits per heavy atom. The average Bonchev–Trinajstić information content (AvgIpc) is 3.05. The zero-order valence-electron chi connectivity index (χ0n) is 13.4. The number of carbonyl (C=O) groups is 2. The van der Waals surface area contributed by atoms with Crippen molar-refractivity contribution in [3.8, 4) is 0 Å². The predicted octanol–water partition coefficient (Wildman–Crippen LogP) is 1.80. The molecule has 3 N–H and O–H groups in total. The molecule has 6 nitrogen and oxygen atoms in total. The molecular formula is C17H24N2O4. The van der Waals surface area contributed by atoms with Crippen molar-refractivity contribution >= 4 is 17.6 Å². The normalized spacial score (nSPS) is 18.6. The van der Waals surface area contributed by atoms with Gasteiger partial charge in [0.2, 0.25) is 5.91 Å². The van der Waals surface area contributed by atoms with Crippen LogP contribution in [0.3, 0.4) is 0 Å². The molecule has 0 saturated carbocycles. The van der Waals surface area contributed by atoms with E-state index in [2.05, 4.69) is 10.6 Å². The lowest BCUT2D eigenvalue weighted by atomic mass is 10.1. The summed E-state index contributed by atoms with van der Waals surface area (Å²) in [5, 5.41) is 15.0. The summed E-state index contributed by atoms with van der Waals surface area (Å²) in [4.78, 5) is 23.5. The number of carboxylic acid groups (broad SMARTS) is 1. The van der Waals surface area contributed by atoms with Crippen LogP contribution < -0.4 is 10.6 Å². The second-order valence-electron chi connectivity index (χ2n) is 5.70. The molecule has 0 radical (unpaired) electrons. The van der Waals surface area contributed by atoms with Crippen LogP contribution in [0.4, 0.5) is 5.69 Å². The third-order valence-electron chi connectivity index (χ3n) is 3.98. The summed E-state index contributed by atoms with van der Waals surface area (Å²) in [7, 11) is 0. The maximum Gasteiger partial charge on any atom is 0.321 e. The Morgan fingerprint density at radius 1 is 1.39 bits per heavy atom. The number of benzene rings is 1. The Bertz CT molecular complexity index is 541. The summed E-state index contributed by atoms with van der Waals surface area (Å²) in [5.41, 5.74) is 1.77. The first-order chi connectivity index (χ1) is 11.1. The molecule has 1 aromatic carbocycles. The van der Waals surface area contributed by atoms with Gasteiger partial charge in [-0.2, -0.15) is 0 Å². The Hall–Kier alpha value is -1.92. The molecule has 6 heteroatoms. The van der Waals surface area contributed by atoms with Crippen LogP contribution in [0.5, 0.6) is 0 Å². The fraction of sp³-hybridized carbons (Fsp3) is 0.529. The molecular weight excluding hydrogens is 296 g/mol. The molecule has 1 heterocycles. The van der Waals surface area contributed by atoms with Crippen molar-refractivity contribution in [3.05, 3.63) is 29.8 Å². The highest BCUT2D eigenvalue weighted by atomic mass is 16.5. The highest BCUT2D eigenvalue weighted by Gasteiger charge is 2.24. The van der Waals surface area contributed by atoms with Crippen LogP contribution in [0.25, 0.3) is 0 Å². The Kier molecular flexibility index (Phi) is 6.55. The number of carbonyl (C=O) groups excluding carboxylic acids is 1. The summed E-state index contributed by atoms with van der Waals surface area (Å²) in [6, 6.07) is 6.62. The first-order valence-corrected chi connectivity index (χ1v) is 8.05. The highest BCUT2D eigenvalue weighted by molar-refractivity contribution is 5.94. The van der Waals surface area contributed by atoms with Gasteiger partial charge in [0.1, 0.15) is 6.04 Å². The molecule has 0 bridgehead atoms. The summed E-state index contributed by atoms with van der Waals surface area (Å²) in [5.74, 6) is -1.33. The SMILES string of the molecule is CCc1ccccc1NC(=O)C[C@H](NCC1CCCO1)C(=O)O. The molecule has 1 aliphatic heterocycles. The van der Waals surface area contributed by atoms with E-state index in [0.29, 0.717) is 6.54 Å². The number of rotatable bonds is 8. The molecule has 1 amide bonds. The number of hydrogen-bond donors (Lipinski definition) is 3. The molecule has 1 fully saturated rings. The average molecular weight is 320 g/mol. The van der Waals surface area contributed by atoms with E-state index in [1.807, 2.05) is 31.2 Å². The van der Waals surface area contributed by atoms with Crippen LogP contribution in [-0.4, -0.2) is 42.3 Å². The van der Waals surface area contributed by atoms with Crippen molar-refractivity contribution in [2.45, 2.75) is 44.8 Å². The zero-order chi connectivity index (χ0) is 16.7. The van der Waals surface area contributed by atoms with E-state index in [4.69, 9.17) is 4.74 Å². The number of para-hydroxylation sites is 1. The van der Waals surface area contributed by atoms with E-state index < -0.39 is 12.0 Å². The van der Waals surface area contributed by atoms with Gasteiger partial charge < -0.3 is 20.5 Å². The minimum Gasteiger partial charge on any atom is -0.480 e. The third-order valence-corrected chi connectivity index (χ3v) is 3.98. The monoisotopic (exact) mass is 320 g/mol. The maximum atomic E-state index is 12.1. The van der Waals surface area contributed by atoms with Gasteiger partial charge in [0.25, 0.3) is 0 Å². The zero-order valence-corrected chi connectivity index (χ0v) is 13.4. The number of aryl methyl sites for hydroxylation is 1. The van der Waals surface area contributed by atoms with Gasteiger partial charge in [0.05, 0.1) is 12.5 Å². The predicted molar refractivity (Wildman–Crippen MR) is 87.5 cm³/mol. The lowest BCUT2D eigenvalue weighted by Crippen LogP contribution is -2.43. The largest absolute Gasteiger partial charge is 0.480 e. The van der Waals surface area contributed by atoms with E-state index in [1.165, 1.54) is 0 Å². The maximum absolute atomic E-state index is 12.1. The Labute approximate surface area is 136 Å². The number of nitrogens with one attached hydrogen (secondary N) is 2. The summed E-state index contributed by atoms with van der Waals surface area (Å²) in [6.45, 7) is 3.18. The first-order valence-electron chi connectivity index (χ1n) is 8.05. The van der Waals surface area contributed by atoms with E-state index in [9.17, 15) is 14.7 Å². The molecule has 0 aliphatic carbocycles. The number of hydrogen-bond acceptors (Lipinski definition) is 4. The van der Waals surface area contributed by atoms with Gasteiger partial charge in [-0.25, -0.2) is 0 Å². The van der Waals surface area contributed by atoms with Crippen LogP contribution in [0.2, 0.25) is 0 Å². The van der Waals surface area contributed by atoms with E-state index >= 15 is 0 Å². The second kappa shape index (κ2) is 8.64. The number of carboxylic acids is 1. The lowest BCUT2D eigenvalue weighted by molar-refractivity contribution is -0.141. The van der Waals surface area contributed by atoms with Gasteiger partial charge in [-0.05, 0) is 30.9 Å². The minimum absolute atomic E-state index is 0.0423. The Balaban J connectivity index is 1.88.